The third kappa shape index (κ3) is 3.23. The molecule has 6 heteroatoms. The van der Waals surface area contributed by atoms with Gasteiger partial charge in [0.2, 0.25) is 5.91 Å². The fourth-order valence-electron chi connectivity index (χ4n) is 1.71. The molecule has 18 heavy (non-hydrogen) atoms. The maximum absolute atomic E-state index is 11.8. The molecule has 1 N–H and O–H groups in total. The fourth-order valence-corrected chi connectivity index (χ4v) is 2.56. The average Bonchev–Trinajstić information content (AvgIpc) is 2.72. The molecule has 4 nitrogen and oxygen atoms in total. The van der Waals surface area contributed by atoms with Gasteiger partial charge in [-0.25, -0.2) is 4.79 Å². The highest BCUT2D eigenvalue weighted by molar-refractivity contribution is 9.10. The van der Waals surface area contributed by atoms with Crippen LogP contribution in [0.2, 0.25) is 5.02 Å². The highest BCUT2D eigenvalue weighted by Gasteiger charge is 2.22. The van der Waals surface area contributed by atoms with Gasteiger partial charge in [0.15, 0.2) is 0 Å². The number of ether oxygens (including phenoxy) is 1. The molecule has 1 fully saturated rings. The number of halogens is 2. The third-order valence-corrected chi connectivity index (χ3v) is 3.54. The number of carbonyl (C=O) groups is 2. The Bertz CT molecular complexity index is 492. The van der Waals surface area contributed by atoms with Gasteiger partial charge < -0.3 is 10.1 Å². The van der Waals surface area contributed by atoms with Crippen LogP contribution < -0.4 is 5.32 Å². The Morgan fingerprint density at radius 3 is 2.94 bits per heavy atom. The second kappa shape index (κ2) is 5.71. The van der Waals surface area contributed by atoms with Gasteiger partial charge in [-0.3, -0.25) is 4.79 Å². The molecule has 1 aliphatic heterocycles. The standard InChI is InChI=1S/C12H11BrClNO3/c13-10-5-7(14)1-3-9(10)12(17)18-6-8-2-4-11(16)15-8/h1,3,5,8H,2,4,6H2,(H,15,16)/t8-/m1/s1. The Morgan fingerprint density at radius 1 is 1.56 bits per heavy atom. The molecular formula is C12H11BrClNO3. The number of hydrogen-bond donors (Lipinski definition) is 1. The number of amides is 1. The lowest BCUT2D eigenvalue weighted by molar-refractivity contribution is -0.119. The van der Waals surface area contributed by atoms with Crippen LogP contribution in [-0.2, 0) is 9.53 Å². The summed E-state index contributed by atoms with van der Waals surface area (Å²) < 4.78 is 5.75. The number of hydrogen-bond acceptors (Lipinski definition) is 3. The van der Waals surface area contributed by atoms with E-state index in [2.05, 4.69) is 21.2 Å². The molecule has 1 atom stereocenters. The van der Waals surface area contributed by atoms with Gasteiger partial charge in [-0.1, -0.05) is 11.6 Å². The first-order valence-electron chi connectivity index (χ1n) is 5.48. The molecule has 1 aromatic carbocycles. The van der Waals surface area contributed by atoms with E-state index in [1.165, 1.54) is 0 Å². The van der Waals surface area contributed by atoms with E-state index in [1.54, 1.807) is 18.2 Å². The monoisotopic (exact) mass is 331 g/mol. The molecule has 0 bridgehead atoms. The Labute approximate surface area is 118 Å². The largest absolute Gasteiger partial charge is 0.460 e. The predicted molar refractivity (Wildman–Crippen MR) is 70.6 cm³/mol. The number of nitrogens with one attached hydrogen (secondary N) is 1. The van der Waals surface area contributed by atoms with Gasteiger partial charge in [-0.15, -0.1) is 0 Å². The van der Waals surface area contributed by atoms with Crippen molar-refractivity contribution in [3.63, 3.8) is 0 Å². The first-order valence-corrected chi connectivity index (χ1v) is 6.65. The lowest BCUT2D eigenvalue weighted by Gasteiger charge is -2.11. The fraction of sp³-hybridized carbons (Fsp3) is 0.333. The lowest BCUT2D eigenvalue weighted by Crippen LogP contribution is -2.30. The van der Waals surface area contributed by atoms with E-state index in [0.29, 0.717) is 27.9 Å². The molecule has 2 rings (SSSR count). The van der Waals surface area contributed by atoms with E-state index >= 15 is 0 Å². The smallest absolute Gasteiger partial charge is 0.339 e. The van der Waals surface area contributed by atoms with Crippen molar-refractivity contribution in [3.05, 3.63) is 33.3 Å². The van der Waals surface area contributed by atoms with E-state index < -0.39 is 5.97 Å². The summed E-state index contributed by atoms with van der Waals surface area (Å²) in [6, 6.07) is 4.78. The molecule has 0 aliphatic carbocycles. The number of benzene rings is 1. The Hall–Kier alpha value is -1.07. The minimum atomic E-state index is -0.431. The summed E-state index contributed by atoms with van der Waals surface area (Å²) in [6.07, 6.45) is 1.20. The van der Waals surface area contributed by atoms with Crippen LogP contribution in [0.5, 0.6) is 0 Å². The normalized spacial score (nSPS) is 18.6. The zero-order chi connectivity index (χ0) is 13.1. The lowest BCUT2D eigenvalue weighted by atomic mass is 10.2. The van der Waals surface area contributed by atoms with Gasteiger partial charge in [0.05, 0.1) is 11.6 Å². The second-order valence-corrected chi connectivity index (χ2v) is 5.32. The van der Waals surface area contributed by atoms with E-state index in [4.69, 9.17) is 16.3 Å². The van der Waals surface area contributed by atoms with Crippen molar-refractivity contribution in [2.75, 3.05) is 6.61 Å². The molecule has 1 aromatic rings. The van der Waals surface area contributed by atoms with Crippen LogP contribution in [0.4, 0.5) is 0 Å². The summed E-state index contributed by atoms with van der Waals surface area (Å²) in [7, 11) is 0. The molecule has 0 saturated carbocycles. The summed E-state index contributed by atoms with van der Waals surface area (Å²) in [5.41, 5.74) is 0.420. The van der Waals surface area contributed by atoms with Crippen molar-refractivity contribution < 1.29 is 14.3 Å². The Kier molecular flexibility index (Phi) is 4.24. The molecule has 1 saturated heterocycles. The maximum Gasteiger partial charge on any atom is 0.339 e. The van der Waals surface area contributed by atoms with Crippen LogP contribution in [0.3, 0.4) is 0 Å². The van der Waals surface area contributed by atoms with Gasteiger partial charge in [-0.2, -0.15) is 0 Å². The highest BCUT2D eigenvalue weighted by atomic mass is 79.9. The number of carbonyl (C=O) groups excluding carboxylic acids is 2. The summed E-state index contributed by atoms with van der Waals surface area (Å²) in [6.45, 7) is 0.194. The molecule has 1 heterocycles. The van der Waals surface area contributed by atoms with Gasteiger partial charge in [0, 0.05) is 15.9 Å². The van der Waals surface area contributed by atoms with Crippen molar-refractivity contribution in [1.82, 2.24) is 5.32 Å². The van der Waals surface area contributed by atoms with Crippen LogP contribution >= 0.6 is 27.5 Å². The van der Waals surface area contributed by atoms with Crippen LogP contribution in [0.1, 0.15) is 23.2 Å². The predicted octanol–water partition coefficient (Wildman–Crippen LogP) is 2.54. The Balaban J connectivity index is 1.93. The average molecular weight is 333 g/mol. The zero-order valence-electron chi connectivity index (χ0n) is 9.41. The van der Waals surface area contributed by atoms with Crippen LogP contribution in [0.15, 0.2) is 22.7 Å². The van der Waals surface area contributed by atoms with E-state index in [0.717, 1.165) is 0 Å². The van der Waals surface area contributed by atoms with E-state index in [-0.39, 0.29) is 18.6 Å². The Morgan fingerprint density at radius 2 is 2.33 bits per heavy atom. The van der Waals surface area contributed by atoms with Gasteiger partial charge in [-0.05, 0) is 40.5 Å². The maximum atomic E-state index is 11.8. The molecule has 1 amide bonds. The number of rotatable bonds is 3. The van der Waals surface area contributed by atoms with E-state index in [9.17, 15) is 9.59 Å². The topological polar surface area (TPSA) is 55.4 Å². The summed E-state index contributed by atoms with van der Waals surface area (Å²) >= 11 is 9.04. The van der Waals surface area contributed by atoms with Crippen LogP contribution in [0.25, 0.3) is 0 Å². The van der Waals surface area contributed by atoms with Crippen molar-refractivity contribution in [2.24, 2.45) is 0 Å². The van der Waals surface area contributed by atoms with Crippen molar-refractivity contribution >= 4 is 39.4 Å². The van der Waals surface area contributed by atoms with Gasteiger partial charge >= 0.3 is 5.97 Å². The summed E-state index contributed by atoms with van der Waals surface area (Å²) in [5, 5.41) is 3.28. The van der Waals surface area contributed by atoms with Gasteiger partial charge in [0.1, 0.15) is 6.61 Å². The molecule has 1 aliphatic rings. The summed E-state index contributed by atoms with van der Waals surface area (Å²) in [5.74, 6) is -0.427. The quantitative estimate of drug-likeness (QED) is 0.866. The molecule has 0 unspecified atom stereocenters. The van der Waals surface area contributed by atoms with E-state index in [1.807, 2.05) is 0 Å². The molecule has 0 aromatic heterocycles. The van der Waals surface area contributed by atoms with Crippen molar-refractivity contribution in [3.8, 4) is 0 Å². The van der Waals surface area contributed by atoms with Crippen LogP contribution in [-0.4, -0.2) is 24.5 Å². The van der Waals surface area contributed by atoms with Gasteiger partial charge in [0.25, 0.3) is 0 Å². The van der Waals surface area contributed by atoms with Crippen LogP contribution in [0, 0.1) is 0 Å². The molecule has 0 spiro atoms. The minimum absolute atomic E-state index is 0.00345. The zero-order valence-corrected chi connectivity index (χ0v) is 11.8. The third-order valence-electron chi connectivity index (χ3n) is 2.65. The SMILES string of the molecule is O=C1CC[C@H](COC(=O)c2ccc(Cl)cc2Br)N1. The molecule has 0 radical (unpaired) electrons. The first kappa shape index (κ1) is 13.4. The second-order valence-electron chi connectivity index (χ2n) is 4.03. The first-order chi connectivity index (χ1) is 8.56. The highest BCUT2D eigenvalue weighted by Crippen LogP contribution is 2.22. The summed E-state index contributed by atoms with van der Waals surface area (Å²) in [4.78, 5) is 22.8. The van der Waals surface area contributed by atoms with Crippen molar-refractivity contribution in [2.45, 2.75) is 18.9 Å². The van der Waals surface area contributed by atoms with Crippen molar-refractivity contribution in [1.29, 1.82) is 0 Å². The molecule has 96 valence electrons. The number of esters is 1. The minimum Gasteiger partial charge on any atom is -0.460 e. The molecular weight excluding hydrogens is 321 g/mol.